The minimum atomic E-state index is -4.50. The van der Waals surface area contributed by atoms with Crippen molar-refractivity contribution in [2.45, 2.75) is 22.3 Å². The first kappa shape index (κ1) is 37.3. The van der Waals surface area contributed by atoms with E-state index in [4.69, 9.17) is 21.9 Å². The van der Waals surface area contributed by atoms with Crippen LogP contribution in [0, 0.1) is 0 Å². The molecule has 0 saturated carbocycles. The molecule has 16 heteroatoms. The summed E-state index contributed by atoms with van der Waals surface area (Å²) in [6.07, 6.45) is 0.293. The van der Waals surface area contributed by atoms with Crippen LogP contribution < -0.4 is 35.9 Å². The summed E-state index contributed by atoms with van der Waals surface area (Å²) in [4.78, 5) is 36.9. The highest BCUT2D eigenvalue weighted by Crippen LogP contribution is 2.38. The molecule has 0 fully saturated rings. The third-order valence-corrected chi connectivity index (χ3v) is 11.6. The molecule has 14 nitrogen and oxygen atoms in total. The first-order chi connectivity index (χ1) is 24.7. The molecule has 0 spiro atoms. The van der Waals surface area contributed by atoms with Crippen LogP contribution in [-0.2, 0) is 40.9 Å². The second-order valence-electron chi connectivity index (χ2n) is 11.6. The zero-order chi connectivity index (χ0) is 37.6. The van der Waals surface area contributed by atoms with Gasteiger partial charge in [-0.3, -0.25) is 23.0 Å². The fourth-order valence-corrected chi connectivity index (χ4v) is 8.39. The van der Waals surface area contributed by atoms with Crippen LogP contribution in [0.15, 0.2) is 125 Å². The number of carbonyl (C=O) groups is 3. The zero-order valence-corrected chi connectivity index (χ0v) is 29.5. The Hall–Kier alpha value is -5.97. The third-order valence-electron chi connectivity index (χ3n) is 8.01. The average Bonchev–Trinajstić information content (AvgIpc) is 3.13. The molecule has 3 amide bonds. The Bertz CT molecular complexity index is 2320. The maximum atomic E-state index is 14.2. The Morgan fingerprint density at radius 3 is 1.54 bits per heavy atom. The minimum absolute atomic E-state index is 0.00304. The van der Waals surface area contributed by atoms with Crippen molar-refractivity contribution in [1.82, 2.24) is 0 Å². The number of amides is 3. The number of carbonyl (C=O) groups excluding carboxylic acids is 3. The van der Waals surface area contributed by atoms with Gasteiger partial charge in [-0.05, 0) is 72.6 Å². The number of primary amides is 2. The van der Waals surface area contributed by atoms with Crippen molar-refractivity contribution in [3.8, 4) is 5.75 Å². The lowest BCUT2D eigenvalue weighted by Crippen LogP contribution is -2.39. The Kier molecular flexibility index (Phi) is 11.1. The molecule has 0 heterocycles. The molecule has 0 saturated heterocycles. The highest BCUT2D eigenvalue weighted by Gasteiger charge is 2.32. The predicted molar refractivity (Wildman–Crippen MR) is 198 cm³/mol. The van der Waals surface area contributed by atoms with Gasteiger partial charge in [0.25, 0.3) is 20.0 Å². The van der Waals surface area contributed by atoms with Gasteiger partial charge in [0.15, 0.2) is 0 Å². The van der Waals surface area contributed by atoms with Gasteiger partial charge in [-0.1, -0.05) is 54.6 Å². The summed E-state index contributed by atoms with van der Waals surface area (Å²) >= 11 is 0. The summed E-state index contributed by atoms with van der Waals surface area (Å²) in [6, 6.07) is 28.1. The Morgan fingerprint density at radius 1 is 0.654 bits per heavy atom. The van der Waals surface area contributed by atoms with Gasteiger partial charge in [-0.15, -0.1) is 0 Å². The molecule has 0 aliphatic rings. The van der Waals surface area contributed by atoms with E-state index in [1.165, 1.54) is 73.8 Å². The number of ether oxygens (including phenoxy) is 1. The van der Waals surface area contributed by atoms with Crippen LogP contribution in [-0.4, -0.2) is 60.8 Å². The van der Waals surface area contributed by atoms with E-state index in [0.717, 1.165) is 14.2 Å². The second kappa shape index (κ2) is 15.5. The molecule has 5 rings (SSSR count). The van der Waals surface area contributed by atoms with Gasteiger partial charge in [0.2, 0.25) is 17.7 Å². The van der Waals surface area contributed by atoms with E-state index >= 15 is 0 Å². The predicted octanol–water partition coefficient (Wildman–Crippen LogP) is 2.72. The van der Waals surface area contributed by atoms with Crippen molar-refractivity contribution >= 4 is 65.6 Å². The zero-order valence-electron chi connectivity index (χ0n) is 27.9. The first-order valence-electron chi connectivity index (χ1n) is 15.7. The molecule has 5 aromatic rings. The van der Waals surface area contributed by atoms with Gasteiger partial charge in [-0.25, -0.2) is 16.8 Å². The lowest BCUT2D eigenvalue weighted by molar-refractivity contribution is -0.117. The van der Waals surface area contributed by atoms with Crippen LogP contribution in [0.25, 0.3) is 10.8 Å². The lowest BCUT2D eigenvalue weighted by Gasteiger charge is -2.28. The summed E-state index contributed by atoms with van der Waals surface area (Å²) in [6.45, 7) is -1.51. The molecule has 0 aliphatic carbocycles. The number of sulfonamides is 2. The molecule has 0 bridgehead atoms. The van der Waals surface area contributed by atoms with Crippen molar-refractivity contribution in [3.05, 3.63) is 121 Å². The number of hydrogen-bond donors (Lipinski definition) is 4. The van der Waals surface area contributed by atoms with Crippen LogP contribution in [0.3, 0.4) is 0 Å². The fraction of sp³-hybridized carbons (Fsp3) is 0.139. The Morgan fingerprint density at radius 2 is 1.10 bits per heavy atom. The molecule has 52 heavy (non-hydrogen) atoms. The van der Waals surface area contributed by atoms with Crippen LogP contribution in [0.4, 0.5) is 17.1 Å². The van der Waals surface area contributed by atoms with Gasteiger partial charge in [0, 0.05) is 16.5 Å². The smallest absolute Gasteiger partial charge is 0.264 e. The fourth-order valence-electron chi connectivity index (χ4n) is 5.49. The summed E-state index contributed by atoms with van der Waals surface area (Å²) in [5, 5.41) is 3.13. The Labute approximate surface area is 300 Å². The maximum Gasteiger partial charge on any atom is 0.264 e. The number of nitrogens with one attached hydrogen (secondary N) is 1. The molecular formula is C36H36N6O8S2. The van der Waals surface area contributed by atoms with E-state index in [1.54, 1.807) is 18.2 Å². The van der Waals surface area contributed by atoms with Crippen molar-refractivity contribution in [1.29, 1.82) is 0 Å². The summed E-state index contributed by atoms with van der Waals surface area (Å²) in [5.74, 6) is -1.97. The highest BCUT2D eigenvalue weighted by molar-refractivity contribution is 7.93. The van der Waals surface area contributed by atoms with Crippen LogP contribution in [0.2, 0.25) is 0 Å². The van der Waals surface area contributed by atoms with Gasteiger partial charge >= 0.3 is 0 Å². The second-order valence-corrected chi connectivity index (χ2v) is 15.3. The number of anilines is 3. The van der Waals surface area contributed by atoms with E-state index in [1.807, 2.05) is 30.3 Å². The van der Waals surface area contributed by atoms with Crippen LogP contribution in [0.1, 0.15) is 5.56 Å². The molecule has 1 atom stereocenters. The van der Waals surface area contributed by atoms with Gasteiger partial charge in [0.05, 0.1) is 34.3 Å². The van der Waals surface area contributed by atoms with Gasteiger partial charge < -0.3 is 27.3 Å². The van der Waals surface area contributed by atoms with Crippen LogP contribution in [0.5, 0.6) is 5.75 Å². The largest absolute Gasteiger partial charge is 0.497 e. The molecular weight excluding hydrogens is 709 g/mol. The van der Waals surface area contributed by atoms with Crippen LogP contribution >= 0.6 is 0 Å². The monoisotopic (exact) mass is 744 g/mol. The first-order valence-corrected chi connectivity index (χ1v) is 18.6. The molecule has 270 valence electrons. The number of hydrogen-bond acceptors (Lipinski definition) is 9. The van der Waals surface area contributed by atoms with Gasteiger partial charge in [-0.2, -0.15) is 0 Å². The number of nitrogens with zero attached hydrogens (tertiary/aromatic N) is 2. The number of methoxy groups -OCH3 is 1. The molecule has 0 aromatic heterocycles. The summed E-state index contributed by atoms with van der Waals surface area (Å²) in [7, 11) is -7.46. The standard InChI is InChI=1S/C36H36N6O8S2/c1-50-26-13-17-28(18-14-26)52(48,49)42(23-35(39)44)33-20-19-32(29-9-5-6-10-30(29)33)41(22-34(38)43)51(46,47)27-15-11-25(12-16-27)40-36(45)31(37)21-24-7-3-2-4-8-24/h2-20,31H,21-23,37H2,1H3,(H2,38,43)(H2,39,44)(H,40,45)/t31-/m0/s1. The summed E-state index contributed by atoms with van der Waals surface area (Å²) in [5.41, 5.74) is 18.3. The van der Waals surface area contributed by atoms with E-state index < -0.39 is 56.9 Å². The van der Waals surface area contributed by atoms with Crippen molar-refractivity contribution < 1.29 is 36.0 Å². The van der Waals surface area contributed by atoms with Crippen molar-refractivity contribution in [2.24, 2.45) is 17.2 Å². The van der Waals surface area contributed by atoms with Gasteiger partial charge in [0.1, 0.15) is 18.8 Å². The number of benzene rings is 5. The molecule has 0 aliphatic heterocycles. The van der Waals surface area contributed by atoms with E-state index in [0.29, 0.717) is 12.2 Å². The molecule has 0 radical (unpaired) electrons. The maximum absolute atomic E-state index is 14.2. The number of fused-ring (bicyclic) bond motifs is 1. The Balaban J connectivity index is 1.51. The SMILES string of the molecule is COc1ccc(S(=O)(=O)N(CC(N)=O)c2ccc(N(CC(N)=O)S(=O)(=O)c3ccc(NC(=O)[C@@H](N)Cc4ccccc4)cc3)c3ccccc23)cc1. The lowest BCUT2D eigenvalue weighted by atomic mass is 10.1. The van der Waals surface area contributed by atoms with Crippen molar-refractivity contribution in [3.63, 3.8) is 0 Å². The topological polar surface area (TPSA) is 225 Å². The van der Waals surface area contributed by atoms with E-state index in [9.17, 15) is 31.2 Å². The molecule has 5 aromatic carbocycles. The number of rotatable bonds is 15. The molecule has 0 unspecified atom stereocenters. The van der Waals surface area contributed by atoms with E-state index in [2.05, 4.69) is 5.32 Å². The summed E-state index contributed by atoms with van der Waals surface area (Å²) < 4.78 is 62.9. The number of nitrogens with two attached hydrogens (primary N) is 3. The minimum Gasteiger partial charge on any atom is -0.497 e. The molecule has 7 N–H and O–H groups in total. The van der Waals surface area contributed by atoms with Crippen molar-refractivity contribution in [2.75, 3.05) is 34.1 Å². The third kappa shape index (κ3) is 8.15. The average molecular weight is 745 g/mol. The van der Waals surface area contributed by atoms with E-state index in [-0.39, 0.29) is 37.6 Å². The quantitative estimate of drug-likeness (QED) is 0.123. The highest BCUT2D eigenvalue weighted by atomic mass is 32.2. The normalized spacial score (nSPS) is 12.1.